The first-order valence-corrected chi connectivity index (χ1v) is 12.9. The summed E-state index contributed by atoms with van der Waals surface area (Å²) >= 11 is 0. The summed E-state index contributed by atoms with van der Waals surface area (Å²) in [5, 5.41) is 7.77. The zero-order valence-corrected chi connectivity index (χ0v) is 21.3. The number of unbranched alkanes of at least 4 members (excludes halogenated alkanes) is 4. The van der Waals surface area contributed by atoms with Gasteiger partial charge in [-0.1, -0.05) is 44.9 Å². The van der Waals surface area contributed by atoms with Gasteiger partial charge in [0.2, 0.25) is 0 Å². The first kappa shape index (κ1) is 25.2. The van der Waals surface area contributed by atoms with Gasteiger partial charge in [0.05, 0.1) is 0 Å². The summed E-state index contributed by atoms with van der Waals surface area (Å²) in [6.45, 7) is 19.1. The predicted molar refractivity (Wildman–Crippen MR) is 130 cm³/mol. The van der Waals surface area contributed by atoms with E-state index in [1.54, 1.807) is 0 Å². The molecule has 0 aliphatic carbocycles. The van der Waals surface area contributed by atoms with E-state index in [0.717, 1.165) is 11.8 Å². The standard InChI is InChI=1S/C27H54N2/c1-24(2)18-16-22(20-26(5,6)28-24)14-12-10-9-11-13-15-23-17-19-25(3,4)29-27(7,8)21-23/h22-23,28-29H,9-21H2,1-8H3. The smallest absolute Gasteiger partial charge is 0.0132 e. The first-order valence-electron chi connectivity index (χ1n) is 12.9. The van der Waals surface area contributed by atoms with Crippen LogP contribution in [0.2, 0.25) is 0 Å². The average molecular weight is 407 g/mol. The maximum atomic E-state index is 3.88. The van der Waals surface area contributed by atoms with Crippen molar-refractivity contribution in [1.82, 2.24) is 10.6 Å². The maximum absolute atomic E-state index is 3.88. The maximum Gasteiger partial charge on any atom is 0.0132 e. The van der Waals surface area contributed by atoms with Crippen molar-refractivity contribution >= 4 is 0 Å². The molecular weight excluding hydrogens is 352 g/mol. The summed E-state index contributed by atoms with van der Waals surface area (Å²) < 4.78 is 0. The predicted octanol–water partition coefficient (Wildman–Crippen LogP) is 7.61. The molecule has 0 aromatic rings. The van der Waals surface area contributed by atoms with Gasteiger partial charge >= 0.3 is 0 Å². The van der Waals surface area contributed by atoms with Crippen LogP contribution in [0.3, 0.4) is 0 Å². The van der Waals surface area contributed by atoms with Gasteiger partial charge in [-0.05, 0) is 106 Å². The molecule has 2 saturated heterocycles. The first-order chi connectivity index (χ1) is 13.3. The van der Waals surface area contributed by atoms with Crippen LogP contribution in [0.15, 0.2) is 0 Å². The molecule has 0 aromatic carbocycles. The number of nitrogens with one attached hydrogen (secondary N) is 2. The van der Waals surface area contributed by atoms with E-state index < -0.39 is 0 Å². The van der Waals surface area contributed by atoms with Crippen molar-refractivity contribution < 1.29 is 0 Å². The van der Waals surface area contributed by atoms with Crippen LogP contribution >= 0.6 is 0 Å². The van der Waals surface area contributed by atoms with Crippen molar-refractivity contribution in [2.45, 2.75) is 161 Å². The van der Waals surface area contributed by atoms with Crippen LogP contribution < -0.4 is 10.6 Å². The Labute approximate surface area is 183 Å². The summed E-state index contributed by atoms with van der Waals surface area (Å²) in [5.41, 5.74) is 1.19. The lowest BCUT2D eigenvalue weighted by Gasteiger charge is -2.35. The van der Waals surface area contributed by atoms with Crippen LogP contribution in [0.5, 0.6) is 0 Å². The zero-order valence-electron chi connectivity index (χ0n) is 21.3. The fraction of sp³-hybridized carbons (Fsp3) is 1.00. The third-order valence-corrected chi connectivity index (χ3v) is 7.53. The zero-order chi connectivity index (χ0) is 21.8. The molecule has 2 nitrogen and oxygen atoms in total. The van der Waals surface area contributed by atoms with Gasteiger partial charge in [-0.15, -0.1) is 0 Å². The van der Waals surface area contributed by atoms with E-state index in [1.165, 1.54) is 83.5 Å². The molecular formula is C27H54N2. The highest BCUT2D eigenvalue weighted by Crippen LogP contribution is 2.35. The highest BCUT2D eigenvalue weighted by Gasteiger charge is 2.35. The molecule has 0 bridgehead atoms. The lowest BCUT2D eigenvalue weighted by atomic mass is 9.85. The molecule has 29 heavy (non-hydrogen) atoms. The fourth-order valence-electron chi connectivity index (χ4n) is 6.73. The SMILES string of the molecule is CC1(C)CCC(CCCCCCCC2CCC(C)(C)NC(C)(C)C2)CC(C)(C)N1. The van der Waals surface area contributed by atoms with Crippen LogP contribution in [0.4, 0.5) is 0 Å². The Morgan fingerprint density at radius 2 is 0.862 bits per heavy atom. The number of hydrogen-bond acceptors (Lipinski definition) is 2. The highest BCUT2D eigenvalue weighted by atomic mass is 15.0. The summed E-state index contributed by atoms with van der Waals surface area (Å²) in [5.74, 6) is 1.84. The van der Waals surface area contributed by atoms with Gasteiger partial charge in [-0.2, -0.15) is 0 Å². The third kappa shape index (κ3) is 9.72. The Bertz CT molecular complexity index is 445. The van der Waals surface area contributed by atoms with Crippen LogP contribution in [0.25, 0.3) is 0 Å². The molecule has 2 aliphatic heterocycles. The molecule has 2 aliphatic rings. The van der Waals surface area contributed by atoms with Crippen molar-refractivity contribution in [3.8, 4) is 0 Å². The second-order valence-electron chi connectivity index (χ2n) is 13.3. The van der Waals surface area contributed by atoms with Crippen molar-refractivity contribution in [3.05, 3.63) is 0 Å². The molecule has 0 amide bonds. The molecule has 172 valence electrons. The lowest BCUT2D eigenvalue weighted by molar-refractivity contribution is 0.258. The van der Waals surface area contributed by atoms with Crippen LogP contribution in [0.1, 0.15) is 139 Å². The highest BCUT2D eigenvalue weighted by molar-refractivity contribution is 4.94. The largest absolute Gasteiger partial charge is 0.307 e. The van der Waals surface area contributed by atoms with Crippen molar-refractivity contribution in [1.29, 1.82) is 0 Å². The summed E-state index contributed by atoms with van der Waals surface area (Å²) in [6.07, 6.45) is 18.3. The summed E-state index contributed by atoms with van der Waals surface area (Å²) in [4.78, 5) is 0. The minimum Gasteiger partial charge on any atom is -0.307 e. The number of rotatable bonds is 8. The van der Waals surface area contributed by atoms with Gasteiger partial charge in [0.1, 0.15) is 0 Å². The Balaban J connectivity index is 1.59. The van der Waals surface area contributed by atoms with Crippen LogP contribution in [0, 0.1) is 11.8 Å². The van der Waals surface area contributed by atoms with E-state index in [0.29, 0.717) is 22.2 Å². The topological polar surface area (TPSA) is 24.1 Å². The normalized spacial score (nSPS) is 31.0. The van der Waals surface area contributed by atoms with Gasteiger partial charge in [-0.3, -0.25) is 0 Å². The second kappa shape index (κ2) is 10.0. The lowest BCUT2D eigenvalue weighted by Crippen LogP contribution is -2.50. The van der Waals surface area contributed by atoms with E-state index >= 15 is 0 Å². The van der Waals surface area contributed by atoms with Crippen LogP contribution in [-0.2, 0) is 0 Å². The van der Waals surface area contributed by atoms with Gasteiger partial charge in [-0.25, -0.2) is 0 Å². The van der Waals surface area contributed by atoms with Gasteiger partial charge in [0, 0.05) is 22.2 Å². The third-order valence-electron chi connectivity index (χ3n) is 7.53. The molecule has 0 spiro atoms. The van der Waals surface area contributed by atoms with E-state index in [9.17, 15) is 0 Å². The summed E-state index contributed by atoms with van der Waals surface area (Å²) in [6, 6.07) is 0. The molecule has 0 aromatic heterocycles. The Hall–Kier alpha value is -0.0800. The summed E-state index contributed by atoms with van der Waals surface area (Å²) in [7, 11) is 0. The molecule has 2 heteroatoms. The molecule has 2 N–H and O–H groups in total. The van der Waals surface area contributed by atoms with Crippen molar-refractivity contribution in [2.24, 2.45) is 11.8 Å². The average Bonchev–Trinajstić information content (AvgIpc) is 2.71. The van der Waals surface area contributed by atoms with E-state index in [2.05, 4.69) is 66.0 Å². The Morgan fingerprint density at radius 1 is 0.517 bits per heavy atom. The molecule has 2 atom stereocenters. The fourth-order valence-corrected chi connectivity index (χ4v) is 6.73. The Morgan fingerprint density at radius 3 is 1.24 bits per heavy atom. The van der Waals surface area contributed by atoms with Gasteiger partial charge < -0.3 is 10.6 Å². The quantitative estimate of drug-likeness (QED) is 0.405. The molecule has 0 saturated carbocycles. The minimum absolute atomic E-state index is 0.292. The van der Waals surface area contributed by atoms with Gasteiger partial charge in [0.15, 0.2) is 0 Å². The minimum atomic E-state index is 0.292. The van der Waals surface area contributed by atoms with Crippen molar-refractivity contribution in [3.63, 3.8) is 0 Å². The molecule has 2 fully saturated rings. The van der Waals surface area contributed by atoms with E-state index in [-0.39, 0.29) is 0 Å². The van der Waals surface area contributed by atoms with E-state index in [4.69, 9.17) is 0 Å². The van der Waals surface area contributed by atoms with Gasteiger partial charge in [0.25, 0.3) is 0 Å². The second-order valence-corrected chi connectivity index (χ2v) is 13.3. The Kier molecular flexibility index (Phi) is 8.71. The van der Waals surface area contributed by atoms with E-state index in [1.807, 2.05) is 0 Å². The number of hydrogen-bond donors (Lipinski definition) is 2. The molecule has 2 rings (SSSR count). The van der Waals surface area contributed by atoms with Crippen molar-refractivity contribution in [2.75, 3.05) is 0 Å². The molecule has 2 unspecified atom stereocenters. The molecule has 0 radical (unpaired) electrons. The van der Waals surface area contributed by atoms with Crippen LogP contribution in [-0.4, -0.2) is 22.2 Å². The monoisotopic (exact) mass is 406 g/mol. The molecule has 2 heterocycles.